The van der Waals surface area contributed by atoms with Crippen molar-refractivity contribution in [3.8, 4) is 0 Å². The lowest BCUT2D eigenvalue weighted by Gasteiger charge is -2.50. The van der Waals surface area contributed by atoms with Crippen LogP contribution in [0, 0.1) is 5.92 Å². The minimum atomic E-state index is -3.56. The van der Waals surface area contributed by atoms with E-state index in [9.17, 15) is 8.42 Å². The van der Waals surface area contributed by atoms with Crippen molar-refractivity contribution in [3.05, 3.63) is 35.9 Å². The van der Waals surface area contributed by atoms with Crippen molar-refractivity contribution in [2.45, 2.75) is 24.9 Å². The molecule has 3 fully saturated rings. The van der Waals surface area contributed by atoms with Gasteiger partial charge in [-0.05, 0) is 31.5 Å². The molecule has 0 amide bonds. The van der Waals surface area contributed by atoms with Crippen molar-refractivity contribution in [3.63, 3.8) is 0 Å². The maximum atomic E-state index is 12.0. The Hall–Kier alpha value is -0.950. The fourth-order valence-electron chi connectivity index (χ4n) is 3.71. The van der Waals surface area contributed by atoms with E-state index in [1.807, 2.05) is 30.3 Å². The van der Waals surface area contributed by atoms with Crippen molar-refractivity contribution in [1.29, 1.82) is 0 Å². The first kappa shape index (κ1) is 15.0. The topological polar surface area (TPSA) is 61.8 Å². The molecule has 0 aromatic heterocycles. The number of nitrogens with one attached hydrogen (secondary N) is 1. The number of halogens is 1. The smallest absolute Gasteiger partial charge is 0.293 e. The van der Waals surface area contributed by atoms with E-state index in [4.69, 9.17) is 0 Å². The van der Waals surface area contributed by atoms with Gasteiger partial charge in [0.25, 0.3) is 0 Å². The summed E-state index contributed by atoms with van der Waals surface area (Å²) in [4.78, 5) is 2.37. The summed E-state index contributed by atoms with van der Waals surface area (Å²) in [6.07, 6.45) is 2.07. The van der Waals surface area contributed by atoms with Gasteiger partial charge in [0.05, 0.1) is 17.8 Å². The fraction of sp³-hybridized carbons (Fsp3) is 0.500. The molecule has 0 radical (unpaired) electrons. The fourth-order valence-corrected chi connectivity index (χ4v) is 4.89. The molecule has 3 saturated heterocycles. The van der Waals surface area contributed by atoms with Crippen LogP contribution in [0.5, 0.6) is 0 Å². The van der Waals surface area contributed by atoms with Crippen molar-refractivity contribution < 1.29 is 8.42 Å². The maximum absolute atomic E-state index is 12.0. The standard InChI is InChI=1S/C14H17N3O2S.ClH/c18-20(19)15-12(10-4-2-1-3-5-10)14-13(16-20)11-6-8-17(14)9-7-11;/h1-5,11-12,14-15H,6-9H2;1H. The third kappa shape index (κ3) is 2.50. The van der Waals surface area contributed by atoms with Gasteiger partial charge in [-0.15, -0.1) is 12.4 Å². The maximum Gasteiger partial charge on any atom is 0.320 e. The van der Waals surface area contributed by atoms with E-state index in [1.165, 1.54) is 0 Å². The van der Waals surface area contributed by atoms with Crippen molar-refractivity contribution in [2.24, 2.45) is 10.3 Å². The summed E-state index contributed by atoms with van der Waals surface area (Å²) in [7, 11) is -3.56. The van der Waals surface area contributed by atoms with Gasteiger partial charge in [-0.2, -0.15) is 17.5 Å². The van der Waals surface area contributed by atoms with Crippen LogP contribution < -0.4 is 4.72 Å². The molecule has 2 bridgehead atoms. The molecular weight excluding hydrogens is 310 g/mol. The van der Waals surface area contributed by atoms with Gasteiger partial charge in [0.1, 0.15) is 0 Å². The van der Waals surface area contributed by atoms with Crippen molar-refractivity contribution in [2.75, 3.05) is 13.1 Å². The zero-order chi connectivity index (χ0) is 13.7. The average molecular weight is 328 g/mol. The van der Waals surface area contributed by atoms with Crippen LogP contribution in [0.4, 0.5) is 0 Å². The molecule has 0 saturated carbocycles. The monoisotopic (exact) mass is 327 g/mol. The lowest BCUT2D eigenvalue weighted by molar-refractivity contribution is 0.125. The van der Waals surface area contributed by atoms with Crippen LogP contribution in [0.25, 0.3) is 0 Å². The normalized spacial score (nSPS) is 36.3. The average Bonchev–Trinajstić information content (AvgIpc) is 2.47. The quantitative estimate of drug-likeness (QED) is 0.851. The molecule has 4 heterocycles. The van der Waals surface area contributed by atoms with Gasteiger partial charge in [-0.3, -0.25) is 4.90 Å². The second-order valence-corrected chi connectivity index (χ2v) is 7.12. The van der Waals surface area contributed by atoms with E-state index in [1.54, 1.807) is 0 Å². The Morgan fingerprint density at radius 2 is 1.81 bits per heavy atom. The molecule has 1 aromatic rings. The van der Waals surface area contributed by atoms with E-state index < -0.39 is 10.2 Å². The third-order valence-electron chi connectivity index (χ3n) is 4.62. The van der Waals surface area contributed by atoms with Crippen LogP contribution in [0.2, 0.25) is 0 Å². The molecule has 5 nitrogen and oxygen atoms in total. The second-order valence-electron chi connectivity index (χ2n) is 5.75. The summed E-state index contributed by atoms with van der Waals surface area (Å²) in [6, 6.07) is 9.70. The number of benzene rings is 1. The van der Waals surface area contributed by atoms with Crippen LogP contribution >= 0.6 is 12.4 Å². The second kappa shape index (κ2) is 5.35. The number of rotatable bonds is 1. The van der Waals surface area contributed by atoms with Crippen LogP contribution in [-0.2, 0) is 10.2 Å². The van der Waals surface area contributed by atoms with E-state index in [2.05, 4.69) is 14.0 Å². The van der Waals surface area contributed by atoms with Crippen molar-refractivity contribution >= 4 is 28.3 Å². The molecule has 4 aliphatic heterocycles. The van der Waals surface area contributed by atoms with Crippen LogP contribution in [0.1, 0.15) is 24.4 Å². The number of piperidine rings is 3. The Morgan fingerprint density at radius 3 is 2.48 bits per heavy atom. The lowest BCUT2D eigenvalue weighted by Crippen LogP contribution is -2.62. The molecule has 114 valence electrons. The van der Waals surface area contributed by atoms with Crippen LogP contribution in [0.3, 0.4) is 0 Å². The summed E-state index contributed by atoms with van der Waals surface area (Å²) in [5.41, 5.74) is 1.89. The highest BCUT2D eigenvalue weighted by atomic mass is 35.5. The molecule has 21 heavy (non-hydrogen) atoms. The molecule has 2 atom stereocenters. The lowest BCUT2D eigenvalue weighted by atomic mass is 9.77. The Balaban J connectivity index is 0.00000132. The van der Waals surface area contributed by atoms with Gasteiger partial charge >= 0.3 is 10.2 Å². The van der Waals surface area contributed by atoms with Gasteiger partial charge in [0, 0.05) is 5.92 Å². The summed E-state index contributed by atoms with van der Waals surface area (Å²) in [5.74, 6) is 0.341. The largest absolute Gasteiger partial charge is 0.320 e. The van der Waals surface area contributed by atoms with Gasteiger partial charge in [-0.1, -0.05) is 30.3 Å². The zero-order valence-corrected chi connectivity index (χ0v) is 13.1. The molecule has 4 aliphatic rings. The number of fused-ring (bicyclic) bond motifs is 2. The molecular formula is C14H18ClN3O2S. The van der Waals surface area contributed by atoms with E-state index in [-0.39, 0.29) is 24.5 Å². The zero-order valence-electron chi connectivity index (χ0n) is 11.5. The minimum Gasteiger partial charge on any atom is -0.293 e. The number of nitrogens with zero attached hydrogens (tertiary/aromatic N) is 2. The molecule has 2 unspecified atom stereocenters. The first-order chi connectivity index (χ1) is 9.64. The van der Waals surface area contributed by atoms with Crippen molar-refractivity contribution in [1.82, 2.24) is 9.62 Å². The highest BCUT2D eigenvalue weighted by molar-refractivity contribution is 7.88. The van der Waals surface area contributed by atoms with Crippen LogP contribution in [-0.4, -0.2) is 38.2 Å². The predicted octanol–water partition coefficient (Wildman–Crippen LogP) is 1.53. The molecule has 0 spiro atoms. The Kier molecular flexibility index (Phi) is 3.81. The summed E-state index contributed by atoms with van der Waals surface area (Å²) >= 11 is 0. The Bertz CT molecular complexity index is 654. The first-order valence-electron chi connectivity index (χ1n) is 7.05. The number of hydrogen-bond donors (Lipinski definition) is 1. The highest BCUT2D eigenvalue weighted by Crippen LogP contribution is 2.38. The summed E-state index contributed by atoms with van der Waals surface area (Å²) in [6.45, 7) is 2.08. The molecule has 5 rings (SSSR count). The summed E-state index contributed by atoms with van der Waals surface area (Å²) < 4.78 is 30.9. The van der Waals surface area contributed by atoms with Gasteiger partial charge in [-0.25, -0.2) is 0 Å². The van der Waals surface area contributed by atoms with E-state index in [0.29, 0.717) is 5.92 Å². The summed E-state index contributed by atoms with van der Waals surface area (Å²) in [5, 5.41) is 0. The number of hydrogen-bond acceptors (Lipinski definition) is 3. The third-order valence-corrected chi connectivity index (χ3v) is 5.62. The van der Waals surface area contributed by atoms with Gasteiger partial charge < -0.3 is 0 Å². The molecule has 1 N–H and O–H groups in total. The van der Waals surface area contributed by atoms with E-state index in [0.717, 1.165) is 37.2 Å². The highest BCUT2D eigenvalue weighted by Gasteiger charge is 2.47. The Morgan fingerprint density at radius 1 is 1.14 bits per heavy atom. The first-order valence-corrected chi connectivity index (χ1v) is 8.49. The van der Waals surface area contributed by atoms with Gasteiger partial charge in [0.15, 0.2) is 0 Å². The van der Waals surface area contributed by atoms with Gasteiger partial charge in [0.2, 0.25) is 0 Å². The molecule has 1 aromatic carbocycles. The minimum absolute atomic E-state index is 0. The predicted molar refractivity (Wildman–Crippen MR) is 84.0 cm³/mol. The van der Waals surface area contributed by atoms with E-state index >= 15 is 0 Å². The Labute approximate surface area is 131 Å². The van der Waals surface area contributed by atoms with Crippen LogP contribution in [0.15, 0.2) is 34.7 Å². The molecule has 0 aliphatic carbocycles. The SMILES string of the molecule is Cl.O=S1(=O)N=C2C3CCN(CC3)C2C(c2ccccc2)N1. The molecule has 7 heteroatoms.